The van der Waals surface area contributed by atoms with Gasteiger partial charge in [-0.25, -0.2) is 9.07 Å². The van der Waals surface area contributed by atoms with Crippen molar-refractivity contribution in [1.29, 1.82) is 0 Å². The molecule has 2 aromatic rings. The molecule has 0 radical (unpaired) electrons. The summed E-state index contributed by atoms with van der Waals surface area (Å²) in [5.74, 6) is -0.521. The second-order valence-electron chi connectivity index (χ2n) is 6.31. The summed E-state index contributed by atoms with van der Waals surface area (Å²) in [6.07, 6.45) is 0. The maximum Gasteiger partial charge on any atom is 0.257 e. The first-order chi connectivity index (χ1) is 12.0. The standard InChI is InChI=1S/C18H22FN3O3/c1-12-17(18(24)21-7-8-25-11-14(9-21)10-23)13(2)22(20-12)16-5-3-15(19)4-6-16/h3-6,14,23H,7-11H2,1-2H3/t14-/m1/s1. The molecule has 1 N–H and O–H groups in total. The zero-order chi connectivity index (χ0) is 18.0. The van der Waals surface area contributed by atoms with Gasteiger partial charge in [0.05, 0.1) is 35.9 Å². The molecule has 7 heteroatoms. The van der Waals surface area contributed by atoms with Gasteiger partial charge in [0.1, 0.15) is 5.82 Å². The van der Waals surface area contributed by atoms with Crippen LogP contribution in [0.25, 0.3) is 5.69 Å². The van der Waals surface area contributed by atoms with E-state index in [0.29, 0.717) is 48.9 Å². The summed E-state index contributed by atoms with van der Waals surface area (Å²) >= 11 is 0. The van der Waals surface area contributed by atoms with Crippen LogP contribution >= 0.6 is 0 Å². The molecule has 1 aliphatic heterocycles. The molecule has 0 unspecified atom stereocenters. The lowest BCUT2D eigenvalue weighted by Gasteiger charge is -2.22. The Kier molecular flexibility index (Phi) is 5.15. The van der Waals surface area contributed by atoms with Gasteiger partial charge in [-0.15, -0.1) is 0 Å². The Hall–Kier alpha value is -2.25. The topological polar surface area (TPSA) is 67.6 Å². The van der Waals surface area contributed by atoms with E-state index in [-0.39, 0.29) is 24.2 Å². The van der Waals surface area contributed by atoms with Crippen LogP contribution in [-0.4, -0.2) is 58.6 Å². The molecule has 1 fully saturated rings. The number of benzene rings is 1. The fraction of sp³-hybridized carbons (Fsp3) is 0.444. The van der Waals surface area contributed by atoms with Crippen LogP contribution < -0.4 is 0 Å². The van der Waals surface area contributed by atoms with Crippen LogP contribution in [0.4, 0.5) is 4.39 Å². The zero-order valence-electron chi connectivity index (χ0n) is 14.4. The third-order valence-corrected chi connectivity index (χ3v) is 4.46. The molecule has 1 saturated heterocycles. The van der Waals surface area contributed by atoms with Gasteiger partial charge in [-0.1, -0.05) is 0 Å². The van der Waals surface area contributed by atoms with Crippen LogP contribution in [0.3, 0.4) is 0 Å². The van der Waals surface area contributed by atoms with E-state index >= 15 is 0 Å². The second kappa shape index (κ2) is 7.33. The van der Waals surface area contributed by atoms with Gasteiger partial charge in [0.15, 0.2) is 0 Å². The summed E-state index contributed by atoms with van der Waals surface area (Å²) in [7, 11) is 0. The Bertz CT molecular complexity index is 758. The van der Waals surface area contributed by atoms with Crippen molar-refractivity contribution in [1.82, 2.24) is 14.7 Å². The second-order valence-corrected chi connectivity index (χ2v) is 6.31. The first kappa shape index (κ1) is 17.6. The number of aryl methyl sites for hydroxylation is 1. The first-order valence-electron chi connectivity index (χ1n) is 8.31. The number of carbonyl (C=O) groups excluding carboxylic acids is 1. The molecule has 3 rings (SSSR count). The average molecular weight is 347 g/mol. The number of aromatic nitrogens is 2. The maximum absolute atomic E-state index is 13.1. The van der Waals surface area contributed by atoms with Crippen LogP contribution in [0, 0.1) is 25.6 Å². The maximum atomic E-state index is 13.1. The first-order valence-corrected chi connectivity index (χ1v) is 8.31. The molecule has 1 aliphatic rings. The SMILES string of the molecule is Cc1nn(-c2ccc(F)cc2)c(C)c1C(=O)N1CCOC[C@@H](CO)C1. The van der Waals surface area contributed by atoms with Gasteiger partial charge in [-0.2, -0.15) is 5.10 Å². The Labute approximate surface area is 145 Å². The number of halogens is 1. The van der Waals surface area contributed by atoms with E-state index in [1.54, 1.807) is 28.6 Å². The minimum Gasteiger partial charge on any atom is -0.396 e. The van der Waals surface area contributed by atoms with Crippen molar-refractivity contribution in [2.75, 3.05) is 32.9 Å². The van der Waals surface area contributed by atoms with Crippen molar-refractivity contribution in [2.24, 2.45) is 5.92 Å². The fourth-order valence-corrected chi connectivity index (χ4v) is 3.12. The summed E-state index contributed by atoms with van der Waals surface area (Å²) in [4.78, 5) is 14.7. The highest BCUT2D eigenvalue weighted by Crippen LogP contribution is 2.21. The van der Waals surface area contributed by atoms with Gasteiger partial charge in [0.25, 0.3) is 5.91 Å². The van der Waals surface area contributed by atoms with Crippen molar-refractivity contribution in [3.8, 4) is 5.69 Å². The van der Waals surface area contributed by atoms with E-state index in [9.17, 15) is 14.3 Å². The number of hydrogen-bond acceptors (Lipinski definition) is 4. The Morgan fingerprint density at radius 3 is 2.76 bits per heavy atom. The molecule has 1 amide bonds. The summed E-state index contributed by atoms with van der Waals surface area (Å²) < 4.78 is 20.2. The molecule has 1 aromatic carbocycles. The molecule has 25 heavy (non-hydrogen) atoms. The lowest BCUT2D eigenvalue weighted by Crippen LogP contribution is -2.37. The molecule has 0 bridgehead atoms. The molecule has 1 aromatic heterocycles. The number of nitrogens with zero attached hydrogens (tertiary/aromatic N) is 3. The van der Waals surface area contributed by atoms with E-state index in [4.69, 9.17) is 4.74 Å². The summed E-state index contributed by atoms with van der Waals surface area (Å²) in [5, 5.41) is 13.9. The molecule has 6 nitrogen and oxygen atoms in total. The van der Waals surface area contributed by atoms with Crippen molar-refractivity contribution >= 4 is 5.91 Å². The van der Waals surface area contributed by atoms with Gasteiger partial charge < -0.3 is 14.7 Å². The number of aliphatic hydroxyl groups excluding tert-OH is 1. The minimum absolute atomic E-state index is 0.0173. The van der Waals surface area contributed by atoms with E-state index in [1.165, 1.54) is 12.1 Å². The van der Waals surface area contributed by atoms with Crippen LogP contribution in [0.5, 0.6) is 0 Å². The highest BCUT2D eigenvalue weighted by molar-refractivity contribution is 5.96. The molecular weight excluding hydrogens is 325 g/mol. The van der Waals surface area contributed by atoms with Crippen LogP contribution in [0.2, 0.25) is 0 Å². The molecule has 134 valence electrons. The number of carbonyl (C=O) groups is 1. The zero-order valence-corrected chi connectivity index (χ0v) is 14.4. The monoisotopic (exact) mass is 347 g/mol. The van der Waals surface area contributed by atoms with Crippen molar-refractivity contribution in [3.63, 3.8) is 0 Å². The number of ether oxygens (including phenoxy) is 1. The quantitative estimate of drug-likeness (QED) is 0.918. The smallest absolute Gasteiger partial charge is 0.257 e. The van der Waals surface area contributed by atoms with Crippen molar-refractivity contribution in [3.05, 3.63) is 47.0 Å². The molecule has 0 spiro atoms. The Morgan fingerprint density at radius 2 is 2.08 bits per heavy atom. The van der Waals surface area contributed by atoms with Gasteiger partial charge >= 0.3 is 0 Å². The van der Waals surface area contributed by atoms with E-state index in [2.05, 4.69) is 5.10 Å². The Morgan fingerprint density at radius 1 is 1.36 bits per heavy atom. The lowest BCUT2D eigenvalue weighted by atomic mass is 10.1. The van der Waals surface area contributed by atoms with Crippen LogP contribution in [0.15, 0.2) is 24.3 Å². The average Bonchev–Trinajstić information content (AvgIpc) is 2.79. The summed E-state index contributed by atoms with van der Waals surface area (Å²) in [6.45, 7) is 5.44. The van der Waals surface area contributed by atoms with Gasteiger partial charge in [-0.3, -0.25) is 4.79 Å². The normalized spacial score (nSPS) is 18.2. The number of rotatable bonds is 3. The van der Waals surface area contributed by atoms with Crippen molar-refractivity contribution in [2.45, 2.75) is 13.8 Å². The predicted molar refractivity (Wildman–Crippen MR) is 90.3 cm³/mol. The summed E-state index contributed by atoms with van der Waals surface area (Å²) in [5.41, 5.74) is 2.58. The van der Waals surface area contributed by atoms with E-state index in [0.717, 1.165) is 0 Å². The number of hydrogen-bond donors (Lipinski definition) is 1. The van der Waals surface area contributed by atoms with Gasteiger partial charge in [-0.05, 0) is 38.1 Å². The molecule has 0 aliphatic carbocycles. The molecular formula is C18H22FN3O3. The van der Waals surface area contributed by atoms with Crippen LogP contribution in [-0.2, 0) is 4.74 Å². The lowest BCUT2D eigenvalue weighted by molar-refractivity contribution is 0.0727. The largest absolute Gasteiger partial charge is 0.396 e. The third-order valence-electron chi connectivity index (χ3n) is 4.46. The van der Waals surface area contributed by atoms with E-state index in [1.807, 2.05) is 6.92 Å². The summed E-state index contributed by atoms with van der Waals surface area (Å²) in [6, 6.07) is 5.99. The number of aliphatic hydroxyl groups is 1. The third kappa shape index (κ3) is 3.57. The molecule has 0 saturated carbocycles. The molecule has 1 atom stereocenters. The predicted octanol–water partition coefficient (Wildman–Crippen LogP) is 1.71. The highest BCUT2D eigenvalue weighted by atomic mass is 19.1. The van der Waals surface area contributed by atoms with Crippen LogP contribution in [0.1, 0.15) is 21.7 Å². The van der Waals surface area contributed by atoms with Crippen molar-refractivity contribution < 1.29 is 19.0 Å². The highest BCUT2D eigenvalue weighted by Gasteiger charge is 2.27. The van der Waals surface area contributed by atoms with E-state index < -0.39 is 0 Å². The minimum atomic E-state index is -0.318. The number of amides is 1. The van der Waals surface area contributed by atoms with Gasteiger partial charge in [0, 0.05) is 25.6 Å². The molecule has 2 heterocycles. The van der Waals surface area contributed by atoms with Gasteiger partial charge in [0.2, 0.25) is 0 Å². The fourth-order valence-electron chi connectivity index (χ4n) is 3.12. The Balaban J connectivity index is 1.91.